The average molecular weight is 459 g/mol. The van der Waals surface area contributed by atoms with Gasteiger partial charge in [0.2, 0.25) is 0 Å². The van der Waals surface area contributed by atoms with Gasteiger partial charge in [0.25, 0.3) is 15.9 Å². The number of fused-ring (bicyclic) bond motifs is 1. The molecule has 0 unspecified atom stereocenters. The number of hydrogen-bond donors (Lipinski definition) is 0. The van der Waals surface area contributed by atoms with E-state index in [9.17, 15) is 13.2 Å². The fraction of sp³-hybridized carbons (Fsp3) is 0.348. The molecule has 1 fully saturated rings. The van der Waals surface area contributed by atoms with Crippen molar-refractivity contribution >= 4 is 43.0 Å². The molecule has 1 aromatic heterocycles. The van der Waals surface area contributed by atoms with Crippen molar-refractivity contribution in [2.24, 2.45) is 0 Å². The second-order valence-corrected chi connectivity index (χ2v) is 10.7. The Balaban J connectivity index is 1.60. The van der Waals surface area contributed by atoms with Gasteiger partial charge in [-0.15, -0.1) is 11.3 Å². The van der Waals surface area contributed by atoms with E-state index in [0.29, 0.717) is 16.3 Å². The molecule has 6 nitrogen and oxygen atoms in total. The largest absolute Gasteiger partial charge is 0.497 e. The number of likely N-dealkylation sites (tertiary alicyclic amines) is 1. The molecule has 8 heteroatoms. The maximum absolute atomic E-state index is 13.0. The molecule has 3 aromatic rings. The topological polar surface area (TPSA) is 66.9 Å². The summed E-state index contributed by atoms with van der Waals surface area (Å²) in [6.45, 7) is 1.61. The highest BCUT2D eigenvalue weighted by Gasteiger charge is 2.23. The molecule has 1 saturated heterocycles. The van der Waals surface area contributed by atoms with E-state index in [1.165, 1.54) is 54.8 Å². The molecular weight excluding hydrogens is 432 g/mol. The molecule has 0 bridgehead atoms. The molecule has 4 rings (SSSR count). The number of benzene rings is 2. The van der Waals surface area contributed by atoms with Gasteiger partial charge in [-0.2, -0.15) is 0 Å². The highest BCUT2D eigenvalue weighted by molar-refractivity contribution is 7.92. The quantitative estimate of drug-likeness (QED) is 0.553. The zero-order valence-electron chi connectivity index (χ0n) is 17.7. The number of carbonyl (C=O) groups is 1. The number of anilines is 1. The van der Waals surface area contributed by atoms with Crippen molar-refractivity contribution in [1.82, 2.24) is 4.90 Å². The van der Waals surface area contributed by atoms with Gasteiger partial charge in [0, 0.05) is 24.8 Å². The summed E-state index contributed by atoms with van der Waals surface area (Å²) >= 11 is 1.46. The Kier molecular flexibility index (Phi) is 6.20. The predicted octanol–water partition coefficient (Wildman–Crippen LogP) is 4.75. The molecule has 0 atom stereocenters. The smallest absolute Gasteiger partial charge is 0.264 e. The van der Waals surface area contributed by atoms with Gasteiger partial charge in [0.15, 0.2) is 0 Å². The van der Waals surface area contributed by atoms with Crippen LogP contribution in [0.4, 0.5) is 5.69 Å². The Hall–Kier alpha value is -2.58. The van der Waals surface area contributed by atoms with Crippen LogP contribution in [0, 0.1) is 0 Å². The summed E-state index contributed by atoms with van der Waals surface area (Å²) in [5.41, 5.74) is 0.551. The van der Waals surface area contributed by atoms with E-state index < -0.39 is 10.0 Å². The van der Waals surface area contributed by atoms with Crippen molar-refractivity contribution in [2.75, 3.05) is 31.6 Å². The van der Waals surface area contributed by atoms with Gasteiger partial charge in [0.1, 0.15) is 5.75 Å². The summed E-state index contributed by atoms with van der Waals surface area (Å²) in [7, 11) is -0.633. The van der Waals surface area contributed by atoms with Crippen molar-refractivity contribution in [2.45, 2.75) is 30.6 Å². The molecule has 2 aromatic carbocycles. The second-order valence-electron chi connectivity index (χ2n) is 7.69. The molecule has 1 aliphatic rings. The van der Waals surface area contributed by atoms with E-state index in [1.54, 1.807) is 18.2 Å². The first-order chi connectivity index (χ1) is 14.9. The van der Waals surface area contributed by atoms with E-state index in [0.717, 1.165) is 36.0 Å². The molecule has 0 radical (unpaired) electrons. The Labute approximate surface area is 187 Å². The van der Waals surface area contributed by atoms with Crippen LogP contribution in [0.1, 0.15) is 35.4 Å². The van der Waals surface area contributed by atoms with Crippen molar-refractivity contribution in [1.29, 1.82) is 0 Å². The SMILES string of the molecule is COc1ccc(S(=O)(=O)N(C)c2ccc3sc(C(=O)N4CCCCCC4)cc3c2)cc1. The minimum Gasteiger partial charge on any atom is -0.497 e. The molecule has 0 saturated carbocycles. The monoisotopic (exact) mass is 458 g/mol. The summed E-state index contributed by atoms with van der Waals surface area (Å²) < 4.78 is 33.4. The van der Waals surface area contributed by atoms with E-state index in [4.69, 9.17) is 4.74 Å². The fourth-order valence-electron chi connectivity index (χ4n) is 3.81. The standard InChI is InChI=1S/C23H26N2O4S2/c1-24(31(27,28)20-10-8-19(29-2)9-11-20)18-7-12-21-17(15-18)16-22(30-21)23(26)25-13-5-3-4-6-14-25/h7-12,15-16H,3-6,13-14H2,1-2H3. The van der Waals surface area contributed by atoms with Crippen molar-refractivity contribution in [3.8, 4) is 5.75 Å². The number of thiophene rings is 1. The number of carbonyl (C=O) groups excluding carboxylic acids is 1. The number of nitrogens with zero attached hydrogens (tertiary/aromatic N) is 2. The van der Waals surface area contributed by atoms with Crippen LogP contribution < -0.4 is 9.04 Å². The zero-order valence-corrected chi connectivity index (χ0v) is 19.3. The summed E-state index contributed by atoms with van der Waals surface area (Å²) in [6.07, 6.45) is 4.45. The molecule has 0 spiro atoms. The average Bonchev–Trinajstić information content (AvgIpc) is 3.02. The van der Waals surface area contributed by atoms with Crippen LogP contribution in [-0.4, -0.2) is 46.5 Å². The van der Waals surface area contributed by atoms with Crippen LogP contribution in [0.2, 0.25) is 0 Å². The van der Waals surface area contributed by atoms with Gasteiger partial charge in [-0.25, -0.2) is 8.42 Å². The van der Waals surface area contributed by atoms with Crippen LogP contribution in [0.3, 0.4) is 0 Å². The minimum absolute atomic E-state index is 0.0730. The Morgan fingerprint density at radius 2 is 1.68 bits per heavy atom. The molecule has 0 N–H and O–H groups in total. The van der Waals surface area contributed by atoms with E-state index >= 15 is 0 Å². The lowest BCUT2D eigenvalue weighted by atomic mass is 10.2. The predicted molar refractivity (Wildman–Crippen MR) is 125 cm³/mol. The molecule has 2 heterocycles. The number of amides is 1. The minimum atomic E-state index is -3.71. The van der Waals surface area contributed by atoms with Gasteiger partial charge in [0.05, 0.1) is 22.6 Å². The third-order valence-electron chi connectivity index (χ3n) is 5.69. The van der Waals surface area contributed by atoms with Crippen LogP contribution >= 0.6 is 11.3 Å². The van der Waals surface area contributed by atoms with Crippen LogP contribution in [0.25, 0.3) is 10.1 Å². The molecule has 1 aliphatic heterocycles. The number of rotatable bonds is 5. The lowest BCUT2D eigenvalue weighted by molar-refractivity contribution is 0.0766. The Bertz CT molecular complexity index is 1180. The number of sulfonamides is 1. The zero-order chi connectivity index (χ0) is 22.0. The van der Waals surface area contributed by atoms with E-state index in [1.807, 2.05) is 23.1 Å². The molecule has 1 amide bonds. The van der Waals surface area contributed by atoms with Crippen molar-refractivity contribution in [3.05, 3.63) is 53.4 Å². The molecular formula is C23H26N2O4S2. The summed E-state index contributed by atoms with van der Waals surface area (Å²) in [5, 5.41) is 0.873. The highest BCUT2D eigenvalue weighted by Crippen LogP contribution is 2.32. The Morgan fingerprint density at radius 3 is 2.32 bits per heavy atom. The molecule has 31 heavy (non-hydrogen) atoms. The van der Waals surface area contributed by atoms with Gasteiger partial charge in [-0.3, -0.25) is 9.10 Å². The lowest BCUT2D eigenvalue weighted by Gasteiger charge is -2.19. The maximum atomic E-state index is 13.0. The number of ether oxygens (including phenoxy) is 1. The van der Waals surface area contributed by atoms with Crippen LogP contribution in [-0.2, 0) is 10.0 Å². The molecule has 164 valence electrons. The number of hydrogen-bond acceptors (Lipinski definition) is 5. The number of methoxy groups -OCH3 is 1. The second kappa shape index (κ2) is 8.88. The maximum Gasteiger partial charge on any atom is 0.264 e. The highest BCUT2D eigenvalue weighted by atomic mass is 32.2. The van der Waals surface area contributed by atoms with Crippen molar-refractivity contribution < 1.29 is 17.9 Å². The van der Waals surface area contributed by atoms with Gasteiger partial charge >= 0.3 is 0 Å². The summed E-state index contributed by atoms with van der Waals surface area (Å²) in [5.74, 6) is 0.673. The first kappa shape index (κ1) is 21.6. The normalized spacial score (nSPS) is 15.0. The third kappa shape index (κ3) is 4.41. The van der Waals surface area contributed by atoms with Crippen LogP contribution in [0.15, 0.2) is 53.4 Å². The van der Waals surface area contributed by atoms with Gasteiger partial charge in [-0.1, -0.05) is 12.8 Å². The fourth-order valence-corrected chi connectivity index (χ4v) is 6.00. The summed E-state index contributed by atoms with van der Waals surface area (Å²) in [6, 6.07) is 13.7. The van der Waals surface area contributed by atoms with E-state index in [2.05, 4.69) is 0 Å². The van der Waals surface area contributed by atoms with Gasteiger partial charge in [-0.05, 0) is 66.8 Å². The van der Waals surface area contributed by atoms with Crippen LogP contribution in [0.5, 0.6) is 5.75 Å². The first-order valence-electron chi connectivity index (χ1n) is 10.4. The third-order valence-corrected chi connectivity index (χ3v) is 8.59. The Morgan fingerprint density at radius 1 is 1.00 bits per heavy atom. The van der Waals surface area contributed by atoms with E-state index in [-0.39, 0.29) is 10.8 Å². The summed E-state index contributed by atoms with van der Waals surface area (Å²) in [4.78, 5) is 15.8. The lowest BCUT2D eigenvalue weighted by Crippen LogP contribution is -2.31. The first-order valence-corrected chi connectivity index (χ1v) is 12.6. The molecule has 0 aliphatic carbocycles. The van der Waals surface area contributed by atoms with Gasteiger partial charge < -0.3 is 9.64 Å². The van der Waals surface area contributed by atoms with Crippen molar-refractivity contribution in [3.63, 3.8) is 0 Å².